The fraction of sp³-hybridized carbons (Fsp3) is 0.0714. The lowest BCUT2D eigenvalue weighted by atomic mass is 10.00. The van der Waals surface area contributed by atoms with Crippen LogP contribution in [0.2, 0.25) is 0 Å². The molecular weight excluding hydrogens is 233 g/mol. The van der Waals surface area contributed by atoms with E-state index in [1.54, 1.807) is 30.3 Å². The molecule has 1 amide bonds. The molecule has 92 valence electrons. The van der Waals surface area contributed by atoms with Crippen LogP contribution < -0.4 is 5.32 Å². The number of anilines is 1. The van der Waals surface area contributed by atoms with Gasteiger partial charge in [-0.1, -0.05) is 42.5 Å². The maximum absolute atomic E-state index is 13.6. The number of amides is 1. The molecule has 18 heavy (non-hydrogen) atoms. The summed E-state index contributed by atoms with van der Waals surface area (Å²) in [6, 6.07) is 13.2. The van der Waals surface area contributed by atoms with Gasteiger partial charge in [-0.05, 0) is 11.6 Å². The summed E-state index contributed by atoms with van der Waals surface area (Å²) in [6.07, 6.45) is -0.594. The highest BCUT2D eigenvalue weighted by Crippen LogP contribution is 2.29. The van der Waals surface area contributed by atoms with E-state index in [0.29, 0.717) is 17.5 Å². The third-order valence-corrected chi connectivity index (χ3v) is 2.66. The summed E-state index contributed by atoms with van der Waals surface area (Å²) in [6.45, 7) is 0. The molecule has 0 heterocycles. The predicted molar refractivity (Wildman–Crippen MR) is 66.6 cm³/mol. The van der Waals surface area contributed by atoms with E-state index in [4.69, 9.17) is 0 Å². The molecule has 1 unspecified atom stereocenters. The van der Waals surface area contributed by atoms with Gasteiger partial charge in [0.05, 0.1) is 5.69 Å². The predicted octanol–water partition coefficient (Wildman–Crippen LogP) is 2.48. The van der Waals surface area contributed by atoms with E-state index in [1.807, 2.05) is 6.07 Å². The highest BCUT2D eigenvalue weighted by Gasteiger charge is 2.16. The third-order valence-electron chi connectivity index (χ3n) is 2.66. The number of carbonyl (C=O) groups excluding carboxylic acids is 1. The fourth-order valence-corrected chi connectivity index (χ4v) is 1.79. The van der Waals surface area contributed by atoms with Crippen LogP contribution in [0.3, 0.4) is 0 Å². The number of hydrogen-bond donors (Lipinski definition) is 2. The Bertz CT molecular complexity index is 543. The zero-order chi connectivity index (χ0) is 13.0. The van der Waals surface area contributed by atoms with Crippen molar-refractivity contribution in [3.63, 3.8) is 0 Å². The van der Waals surface area contributed by atoms with E-state index in [0.717, 1.165) is 0 Å². The minimum atomic E-state index is -0.982. The summed E-state index contributed by atoms with van der Waals surface area (Å²) in [5, 5.41) is 12.5. The average Bonchev–Trinajstić information content (AvgIpc) is 2.41. The number of carbonyl (C=O) groups is 1. The Kier molecular flexibility index (Phi) is 3.69. The Morgan fingerprint density at radius 1 is 1.11 bits per heavy atom. The Hall–Kier alpha value is -2.20. The number of hydrogen-bond acceptors (Lipinski definition) is 2. The zero-order valence-corrected chi connectivity index (χ0v) is 9.51. The molecule has 4 heteroatoms. The van der Waals surface area contributed by atoms with Crippen LogP contribution in [-0.4, -0.2) is 11.5 Å². The van der Waals surface area contributed by atoms with Gasteiger partial charge in [-0.25, -0.2) is 4.39 Å². The molecule has 0 spiro atoms. The van der Waals surface area contributed by atoms with Crippen LogP contribution in [0.4, 0.5) is 10.1 Å². The number of rotatable bonds is 4. The number of benzene rings is 2. The maximum atomic E-state index is 13.6. The summed E-state index contributed by atoms with van der Waals surface area (Å²) >= 11 is 0. The first-order valence-electron chi connectivity index (χ1n) is 5.45. The van der Waals surface area contributed by atoms with Gasteiger partial charge in [0.1, 0.15) is 11.9 Å². The first-order valence-corrected chi connectivity index (χ1v) is 5.45. The number of nitrogens with one attached hydrogen (secondary N) is 1. The van der Waals surface area contributed by atoms with Gasteiger partial charge in [-0.2, -0.15) is 0 Å². The molecule has 0 aromatic heterocycles. The van der Waals surface area contributed by atoms with E-state index in [-0.39, 0.29) is 5.69 Å². The van der Waals surface area contributed by atoms with Crippen LogP contribution in [0.5, 0.6) is 0 Å². The van der Waals surface area contributed by atoms with Crippen molar-refractivity contribution in [3.05, 3.63) is 65.5 Å². The summed E-state index contributed by atoms with van der Waals surface area (Å²) in [4.78, 5) is 10.5. The summed E-state index contributed by atoms with van der Waals surface area (Å²) < 4.78 is 13.6. The van der Waals surface area contributed by atoms with Crippen molar-refractivity contribution in [3.8, 4) is 0 Å². The molecule has 2 N–H and O–H groups in total. The number of aliphatic hydroxyl groups is 1. The van der Waals surface area contributed by atoms with Gasteiger partial charge in [0.2, 0.25) is 6.41 Å². The Morgan fingerprint density at radius 3 is 2.50 bits per heavy atom. The lowest BCUT2D eigenvalue weighted by molar-refractivity contribution is -0.105. The SMILES string of the molecule is O=CNc1c(F)cccc1C(O)c1ccccc1. The molecule has 1 atom stereocenters. The quantitative estimate of drug-likeness (QED) is 0.813. The molecule has 0 saturated heterocycles. The van der Waals surface area contributed by atoms with E-state index >= 15 is 0 Å². The monoisotopic (exact) mass is 245 g/mol. The Labute approximate surface area is 104 Å². The zero-order valence-electron chi connectivity index (χ0n) is 9.51. The Balaban J connectivity index is 2.44. The minimum Gasteiger partial charge on any atom is -0.384 e. The molecule has 0 radical (unpaired) electrons. The molecule has 0 aliphatic carbocycles. The molecule has 2 aromatic carbocycles. The van der Waals surface area contributed by atoms with Crippen molar-refractivity contribution in [1.29, 1.82) is 0 Å². The molecule has 0 saturated carbocycles. The van der Waals surface area contributed by atoms with Gasteiger partial charge >= 0.3 is 0 Å². The van der Waals surface area contributed by atoms with Crippen molar-refractivity contribution in [1.82, 2.24) is 0 Å². The molecule has 0 bridgehead atoms. The van der Waals surface area contributed by atoms with Crippen LogP contribution in [0, 0.1) is 5.82 Å². The second kappa shape index (κ2) is 5.42. The van der Waals surface area contributed by atoms with E-state index in [9.17, 15) is 14.3 Å². The number of para-hydroxylation sites is 1. The Morgan fingerprint density at radius 2 is 1.83 bits per heavy atom. The first-order chi connectivity index (χ1) is 8.74. The van der Waals surface area contributed by atoms with Crippen LogP contribution in [0.1, 0.15) is 17.2 Å². The summed E-state index contributed by atoms with van der Waals surface area (Å²) in [5.41, 5.74) is 0.967. The highest BCUT2D eigenvalue weighted by atomic mass is 19.1. The fourth-order valence-electron chi connectivity index (χ4n) is 1.79. The third kappa shape index (κ3) is 2.38. The molecular formula is C14H12FNO2. The topological polar surface area (TPSA) is 49.3 Å². The van der Waals surface area contributed by atoms with Crippen molar-refractivity contribution in [2.24, 2.45) is 0 Å². The van der Waals surface area contributed by atoms with E-state index in [2.05, 4.69) is 5.32 Å². The van der Waals surface area contributed by atoms with Crippen LogP contribution >= 0.6 is 0 Å². The smallest absolute Gasteiger partial charge is 0.211 e. The first kappa shape index (κ1) is 12.3. The lowest BCUT2D eigenvalue weighted by Gasteiger charge is -2.15. The second-order valence-electron chi connectivity index (χ2n) is 3.78. The van der Waals surface area contributed by atoms with Crippen molar-refractivity contribution >= 4 is 12.1 Å². The standard InChI is InChI=1S/C14H12FNO2/c15-12-8-4-7-11(13(12)16-9-17)14(18)10-5-2-1-3-6-10/h1-9,14,18H,(H,16,17). The maximum Gasteiger partial charge on any atom is 0.211 e. The minimum absolute atomic E-state index is 0.00357. The van der Waals surface area contributed by atoms with Gasteiger partial charge < -0.3 is 10.4 Å². The van der Waals surface area contributed by atoms with Crippen molar-refractivity contribution in [2.75, 3.05) is 5.32 Å². The molecule has 3 nitrogen and oxygen atoms in total. The average molecular weight is 245 g/mol. The summed E-state index contributed by atoms with van der Waals surface area (Å²) in [5.74, 6) is -0.574. The molecule has 2 rings (SSSR count). The van der Waals surface area contributed by atoms with Gasteiger partial charge in [0.25, 0.3) is 0 Å². The van der Waals surface area contributed by atoms with Crippen molar-refractivity contribution in [2.45, 2.75) is 6.10 Å². The molecule has 0 aliphatic heterocycles. The number of aliphatic hydroxyl groups excluding tert-OH is 1. The molecule has 2 aromatic rings. The van der Waals surface area contributed by atoms with Crippen LogP contribution in [0.25, 0.3) is 0 Å². The molecule has 0 aliphatic rings. The second-order valence-corrected chi connectivity index (χ2v) is 3.78. The van der Waals surface area contributed by atoms with E-state index < -0.39 is 11.9 Å². The number of halogens is 1. The largest absolute Gasteiger partial charge is 0.384 e. The van der Waals surface area contributed by atoms with Gasteiger partial charge in [0.15, 0.2) is 0 Å². The summed E-state index contributed by atoms with van der Waals surface area (Å²) in [7, 11) is 0. The molecule has 0 fully saturated rings. The van der Waals surface area contributed by atoms with Gasteiger partial charge in [-0.15, -0.1) is 0 Å². The van der Waals surface area contributed by atoms with Crippen LogP contribution in [-0.2, 0) is 4.79 Å². The van der Waals surface area contributed by atoms with E-state index in [1.165, 1.54) is 12.1 Å². The highest BCUT2D eigenvalue weighted by molar-refractivity contribution is 5.74. The van der Waals surface area contributed by atoms with Gasteiger partial charge in [-0.3, -0.25) is 4.79 Å². The van der Waals surface area contributed by atoms with Gasteiger partial charge in [0, 0.05) is 5.56 Å². The lowest BCUT2D eigenvalue weighted by Crippen LogP contribution is -2.07. The normalized spacial score (nSPS) is 11.9. The van der Waals surface area contributed by atoms with Crippen molar-refractivity contribution < 1.29 is 14.3 Å². The van der Waals surface area contributed by atoms with Crippen LogP contribution in [0.15, 0.2) is 48.5 Å².